The van der Waals surface area contributed by atoms with Crippen LogP contribution in [0.3, 0.4) is 0 Å². The standard InChI is InChI=1S/C15H13BrClNO2/c1-18(9-10-3-2-4-11(16)7-10)12-5-6-13(15(19)20)14(17)8-12/h2-8H,9H2,1H3,(H,19,20). The monoisotopic (exact) mass is 353 g/mol. The smallest absolute Gasteiger partial charge is 0.337 e. The lowest BCUT2D eigenvalue weighted by atomic mass is 10.1. The molecule has 0 saturated carbocycles. The number of hydrogen-bond donors (Lipinski definition) is 1. The maximum atomic E-state index is 10.9. The first-order valence-electron chi connectivity index (χ1n) is 5.96. The van der Waals surface area contributed by atoms with Gasteiger partial charge in [0.2, 0.25) is 0 Å². The molecule has 2 aromatic carbocycles. The summed E-state index contributed by atoms with van der Waals surface area (Å²) >= 11 is 9.42. The number of carbonyl (C=O) groups is 1. The molecule has 104 valence electrons. The summed E-state index contributed by atoms with van der Waals surface area (Å²) in [6.07, 6.45) is 0. The molecule has 0 saturated heterocycles. The van der Waals surface area contributed by atoms with Crippen molar-refractivity contribution in [3.8, 4) is 0 Å². The highest BCUT2D eigenvalue weighted by Crippen LogP contribution is 2.24. The molecule has 0 heterocycles. The van der Waals surface area contributed by atoms with Crippen molar-refractivity contribution in [1.82, 2.24) is 0 Å². The minimum absolute atomic E-state index is 0.117. The van der Waals surface area contributed by atoms with E-state index in [0.29, 0.717) is 6.54 Å². The molecule has 0 atom stereocenters. The van der Waals surface area contributed by atoms with E-state index in [1.807, 2.05) is 36.2 Å². The van der Waals surface area contributed by atoms with Crippen molar-refractivity contribution in [3.05, 3.63) is 63.1 Å². The van der Waals surface area contributed by atoms with E-state index < -0.39 is 5.97 Å². The molecule has 0 aliphatic heterocycles. The zero-order valence-corrected chi connectivity index (χ0v) is 13.1. The molecule has 1 N–H and O–H groups in total. The van der Waals surface area contributed by atoms with E-state index in [1.165, 1.54) is 6.07 Å². The van der Waals surface area contributed by atoms with Crippen molar-refractivity contribution in [3.63, 3.8) is 0 Å². The lowest BCUT2D eigenvalue weighted by Gasteiger charge is -2.20. The Labute approximate surface area is 130 Å². The maximum Gasteiger partial charge on any atom is 0.337 e. The van der Waals surface area contributed by atoms with Crippen LogP contribution in [0.1, 0.15) is 15.9 Å². The van der Waals surface area contributed by atoms with E-state index in [0.717, 1.165) is 15.7 Å². The minimum Gasteiger partial charge on any atom is -0.478 e. The summed E-state index contributed by atoms with van der Waals surface area (Å²) in [6, 6.07) is 13.0. The third-order valence-electron chi connectivity index (χ3n) is 2.93. The van der Waals surface area contributed by atoms with Crippen LogP contribution < -0.4 is 4.90 Å². The van der Waals surface area contributed by atoms with Gasteiger partial charge in [-0.2, -0.15) is 0 Å². The van der Waals surface area contributed by atoms with Crippen LogP contribution in [0.5, 0.6) is 0 Å². The molecule has 20 heavy (non-hydrogen) atoms. The van der Waals surface area contributed by atoms with Crippen LogP contribution in [0.4, 0.5) is 5.69 Å². The predicted octanol–water partition coefficient (Wildman–Crippen LogP) is 4.44. The molecule has 0 bridgehead atoms. The van der Waals surface area contributed by atoms with Crippen LogP contribution >= 0.6 is 27.5 Å². The lowest BCUT2D eigenvalue weighted by Crippen LogP contribution is -2.16. The molecule has 2 aromatic rings. The predicted molar refractivity (Wildman–Crippen MR) is 84.7 cm³/mol. The Morgan fingerprint density at radius 3 is 2.65 bits per heavy atom. The molecule has 0 aromatic heterocycles. The van der Waals surface area contributed by atoms with Gasteiger partial charge < -0.3 is 10.0 Å². The molecule has 0 fully saturated rings. The van der Waals surface area contributed by atoms with E-state index in [2.05, 4.69) is 15.9 Å². The molecular weight excluding hydrogens is 342 g/mol. The topological polar surface area (TPSA) is 40.5 Å². The highest BCUT2D eigenvalue weighted by atomic mass is 79.9. The number of carboxylic acids is 1. The van der Waals surface area contributed by atoms with Gasteiger partial charge in [-0.25, -0.2) is 4.79 Å². The largest absolute Gasteiger partial charge is 0.478 e. The first kappa shape index (κ1) is 14.9. The third-order valence-corrected chi connectivity index (χ3v) is 3.74. The highest BCUT2D eigenvalue weighted by Gasteiger charge is 2.11. The van der Waals surface area contributed by atoms with Crippen molar-refractivity contribution in [1.29, 1.82) is 0 Å². The van der Waals surface area contributed by atoms with Crippen molar-refractivity contribution in [2.75, 3.05) is 11.9 Å². The van der Waals surface area contributed by atoms with E-state index in [-0.39, 0.29) is 10.6 Å². The van der Waals surface area contributed by atoms with Gasteiger partial charge in [0.1, 0.15) is 0 Å². The number of halogens is 2. The van der Waals surface area contributed by atoms with Gasteiger partial charge in [0.25, 0.3) is 0 Å². The maximum absolute atomic E-state index is 10.9. The van der Waals surface area contributed by atoms with Gasteiger partial charge in [0, 0.05) is 23.8 Å². The van der Waals surface area contributed by atoms with Crippen LogP contribution in [0.2, 0.25) is 5.02 Å². The summed E-state index contributed by atoms with van der Waals surface area (Å²) in [6.45, 7) is 0.711. The molecule has 3 nitrogen and oxygen atoms in total. The molecule has 0 aliphatic carbocycles. The summed E-state index contributed by atoms with van der Waals surface area (Å²) in [5.41, 5.74) is 2.14. The second kappa shape index (κ2) is 6.29. The molecule has 5 heteroatoms. The molecule has 0 spiro atoms. The van der Waals surface area contributed by atoms with E-state index in [9.17, 15) is 4.79 Å². The second-order valence-corrected chi connectivity index (χ2v) is 5.78. The average Bonchev–Trinajstić information content (AvgIpc) is 2.38. The Morgan fingerprint density at radius 2 is 2.05 bits per heavy atom. The van der Waals surface area contributed by atoms with Gasteiger partial charge in [-0.3, -0.25) is 0 Å². The number of carboxylic acid groups (broad SMARTS) is 1. The number of anilines is 1. The fraction of sp³-hybridized carbons (Fsp3) is 0.133. The second-order valence-electron chi connectivity index (χ2n) is 4.46. The van der Waals surface area contributed by atoms with Crippen molar-refractivity contribution in [2.24, 2.45) is 0 Å². The summed E-state index contributed by atoms with van der Waals surface area (Å²) in [7, 11) is 1.94. The molecule has 0 amide bonds. The molecule has 0 radical (unpaired) electrons. The van der Waals surface area contributed by atoms with Crippen LogP contribution in [0.25, 0.3) is 0 Å². The van der Waals surface area contributed by atoms with Gasteiger partial charge in [0.05, 0.1) is 10.6 Å². The molecular formula is C15H13BrClNO2. The molecule has 0 unspecified atom stereocenters. The van der Waals surface area contributed by atoms with Crippen molar-refractivity contribution < 1.29 is 9.90 Å². The fourth-order valence-corrected chi connectivity index (χ4v) is 2.62. The normalized spacial score (nSPS) is 10.3. The van der Waals surface area contributed by atoms with Gasteiger partial charge in [-0.1, -0.05) is 39.7 Å². The van der Waals surface area contributed by atoms with Crippen LogP contribution in [0, 0.1) is 0 Å². The minimum atomic E-state index is -1.02. The van der Waals surface area contributed by atoms with Crippen molar-refractivity contribution in [2.45, 2.75) is 6.54 Å². The Balaban J connectivity index is 2.19. The van der Waals surface area contributed by atoms with Gasteiger partial charge in [0.15, 0.2) is 0 Å². The number of benzene rings is 2. The summed E-state index contributed by atoms with van der Waals surface area (Å²) in [5.74, 6) is -1.02. The van der Waals surface area contributed by atoms with E-state index >= 15 is 0 Å². The number of hydrogen-bond acceptors (Lipinski definition) is 2. The van der Waals surface area contributed by atoms with Crippen LogP contribution in [0.15, 0.2) is 46.9 Å². The molecule has 2 rings (SSSR count). The number of rotatable bonds is 4. The summed E-state index contributed by atoms with van der Waals surface area (Å²) in [5, 5.41) is 9.20. The van der Waals surface area contributed by atoms with E-state index in [1.54, 1.807) is 12.1 Å². The Hall–Kier alpha value is -1.52. The zero-order chi connectivity index (χ0) is 14.7. The van der Waals surface area contributed by atoms with Gasteiger partial charge in [-0.05, 0) is 35.9 Å². The van der Waals surface area contributed by atoms with Crippen LogP contribution in [-0.2, 0) is 6.54 Å². The lowest BCUT2D eigenvalue weighted by molar-refractivity contribution is 0.0697. The SMILES string of the molecule is CN(Cc1cccc(Br)c1)c1ccc(C(=O)O)c(Cl)c1. The first-order valence-corrected chi connectivity index (χ1v) is 7.13. The first-order chi connectivity index (χ1) is 9.47. The zero-order valence-electron chi connectivity index (χ0n) is 10.8. The highest BCUT2D eigenvalue weighted by molar-refractivity contribution is 9.10. The summed E-state index contributed by atoms with van der Waals surface area (Å²) < 4.78 is 1.03. The van der Waals surface area contributed by atoms with Gasteiger partial charge in [-0.15, -0.1) is 0 Å². The quantitative estimate of drug-likeness (QED) is 0.882. The number of nitrogens with zero attached hydrogens (tertiary/aromatic N) is 1. The Morgan fingerprint density at radius 1 is 1.30 bits per heavy atom. The van der Waals surface area contributed by atoms with Crippen molar-refractivity contribution >= 4 is 39.2 Å². The fourth-order valence-electron chi connectivity index (χ4n) is 1.92. The number of aromatic carboxylic acids is 1. The van der Waals surface area contributed by atoms with Gasteiger partial charge >= 0.3 is 5.97 Å². The van der Waals surface area contributed by atoms with E-state index in [4.69, 9.17) is 16.7 Å². The van der Waals surface area contributed by atoms with Crippen LogP contribution in [-0.4, -0.2) is 18.1 Å². The third kappa shape index (κ3) is 3.52. The molecule has 0 aliphatic rings. The Bertz CT molecular complexity index is 646. The average molecular weight is 355 g/mol. The summed E-state index contributed by atoms with van der Waals surface area (Å²) in [4.78, 5) is 12.9. The Kier molecular flexibility index (Phi) is 4.68.